The molecule has 1 aromatic carbocycles. The van der Waals surface area contributed by atoms with Gasteiger partial charge in [0.1, 0.15) is 0 Å². The molecule has 0 spiro atoms. The van der Waals surface area contributed by atoms with Gasteiger partial charge in [0, 0.05) is 18.3 Å². The molecule has 20 heavy (non-hydrogen) atoms. The van der Waals surface area contributed by atoms with Gasteiger partial charge in [-0.2, -0.15) is 0 Å². The summed E-state index contributed by atoms with van der Waals surface area (Å²) >= 11 is 1.03. The number of carbonyl (C=O) groups excluding carboxylic acids is 2. The van der Waals surface area contributed by atoms with Gasteiger partial charge in [0.2, 0.25) is 11.8 Å². The third kappa shape index (κ3) is 5.75. The smallest absolute Gasteiger partial charge is 0.313 e. The van der Waals surface area contributed by atoms with Crippen LogP contribution >= 0.6 is 11.8 Å². The van der Waals surface area contributed by atoms with E-state index in [0.29, 0.717) is 11.4 Å². The van der Waals surface area contributed by atoms with Gasteiger partial charge in [-0.25, -0.2) is 0 Å². The molecule has 0 atom stereocenters. The van der Waals surface area contributed by atoms with Crippen molar-refractivity contribution in [2.45, 2.75) is 13.8 Å². The second kappa shape index (κ2) is 7.54. The predicted octanol–water partition coefficient (Wildman–Crippen LogP) is 1.71. The summed E-state index contributed by atoms with van der Waals surface area (Å²) in [6.45, 7) is 3.26. The summed E-state index contributed by atoms with van der Waals surface area (Å²) in [5, 5.41) is 13.8. The van der Waals surface area contributed by atoms with Crippen molar-refractivity contribution in [3.05, 3.63) is 23.8 Å². The van der Waals surface area contributed by atoms with E-state index in [-0.39, 0.29) is 23.3 Å². The highest BCUT2D eigenvalue weighted by atomic mass is 32.2. The summed E-state index contributed by atoms with van der Waals surface area (Å²) in [6, 6.07) is 5.17. The fraction of sp³-hybridized carbons (Fsp3) is 0.308. The molecule has 0 bridgehead atoms. The van der Waals surface area contributed by atoms with E-state index >= 15 is 0 Å². The Labute approximate surface area is 120 Å². The number of aryl methyl sites for hydroxylation is 1. The summed E-state index contributed by atoms with van der Waals surface area (Å²) < 4.78 is 0. The molecule has 0 unspecified atom stereocenters. The summed E-state index contributed by atoms with van der Waals surface area (Å²) in [4.78, 5) is 33.0. The van der Waals surface area contributed by atoms with Crippen LogP contribution in [0.25, 0.3) is 0 Å². The van der Waals surface area contributed by atoms with Crippen molar-refractivity contribution in [3.63, 3.8) is 0 Å². The fourth-order valence-corrected chi connectivity index (χ4v) is 1.99. The number of nitrogens with one attached hydrogen (secondary N) is 2. The largest absolute Gasteiger partial charge is 0.481 e. The van der Waals surface area contributed by atoms with Crippen molar-refractivity contribution >= 4 is 40.9 Å². The van der Waals surface area contributed by atoms with Gasteiger partial charge in [0.15, 0.2) is 0 Å². The Morgan fingerprint density at radius 2 is 1.90 bits per heavy atom. The lowest BCUT2D eigenvalue weighted by molar-refractivity contribution is -0.133. The minimum atomic E-state index is -0.953. The van der Waals surface area contributed by atoms with Crippen LogP contribution < -0.4 is 10.6 Å². The second-order valence-corrected chi connectivity index (χ2v) is 5.13. The Kier molecular flexibility index (Phi) is 6.05. The van der Waals surface area contributed by atoms with Crippen molar-refractivity contribution in [1.29, 1.82) is 0 Å². The average molecular weight is 296 g/mol. The van der Waals surface area contributed by atoms with Gasteiger partial charge >= 0.3 is 5.97 Å². The van der Waals surface area contributed by atoms with Crippen molar-refractivity contribution < 1.29 is 19.5 Å². The molecular formula is C13H16N2O4S. The number of thioether (sulfide) groups is 1. The van der Waals surface area contributed by atoms with Gasteiger partial charge in [-0.15, -0.1) is 11.8 Å². The molecule has 6 nitrogen and oxygen atoms in total. The maximum atomic E-state index is 11.6. The Balaban J connectivity index is 2.61. The third-order valence-electron chi connectivity index (χ3n) is 2.29. The highest BCUT2D eigenvalue weighted by Gasteiger charge is 2.07. The number of amides is 2. The average Bonchev–Trinajstić information content (AvgIpc) is 2.32. The number of carboxylic acids is 1. The first-order valence-corrected chi connectivity index (χ1v) is 7.01. The summed E-state index contributed by atoms with van der Waals surface area (Å²) in [5.41, 5.74) is 2.08. The Hall–Kier alpha value is -2.02. The molecule has 0 saturated heterocycles. The van der Waals surface area contributed by atoms with Crippen molar-refractivity contribution in [2.24, 2.45) is 0 Å². The number of anilines is 2. The number of hydrogen-bond donors (Lipinski definition) is 3. The minimum absolute atomic E-state index is 0.0651. The lowest BCUT2D eigenvalue weighted by Crippen LogP contribution is -2.16. The van der Waals surface area contributed by atoms with Crippen LogP contribution in [0.3, 0.4) is 0 Å². The number of aliphatic carboxylic acids is 1. The molecule has 0 radical (unpaired) electrons. The number of rotatable bonds is 6. The molecule has 1 rings (SSSR count). The molecule has 0 saturated carbocycles. The molecule has 0 aliphatic rings. The Morgan fingerprint density at radius 3 is 2.50 bits per heavy atom. The molecule has 1 aromatic rings. The topological polar surface area (TPSA) is 95.5 Å². The monoisotopic (exact) mass is 296 g/mol. The van der Waals surface area contributed by atoms with Crippen LogP contribution in [-0.2, 0) is 14.4 Å². The lowest BCUT2D eigenvalue weighted by atomic mass is 10.2. The standard InChI is InChI=1S/C13H16N2O4S/c1-8-3-4-10(5-11(8)14-9(2)16)15-12(17)6-20-7-13(18)19/h3-5H,6-7H2,1-2H3,(H,14,16)(H,15,17)(H,18,19). The third-order valence-corrected chi connectivity index (χ3v) is 3.21. The quantitative estimate of drug-likeness (QED) is 0.742. The fourth-order valence-electron chi connectivity index (χ4n) is 1.45. The maximum absolute atomic E-state index is 11.6. The van der Waals surface area contributed by atoms with Crippen LogP contribution in [0.1, 0.15) is 12.5 Å². The van der Waals surface area contributed by atoms with E-state index in [2.05, 4.69) is 10.6 Å². The number of carbonyl (C=O) groups is 3. The van der Waals surface area contributed by atoms with Gasteiger partial charge < -0.3 is 15.7 Å². The lowest BCUT2D eigenvalue weighted by Gasteiger charge is -2.10. The van der Waals surface area contributed by atoms with Crippen LogP contribution in [0.4, 0.5) is 11.4 Å². The van der Waals surface area contributed by atoms with Crippen LogP contribution in [0.15, 0.2) is 18.2 Å². The minimum Gasteiger partial charge on any atom is -0.481 e. The first kappa shape index (κ1) is 16.0. The first-order valence-electron chi connectivity index (χ1n) is 5.86. The van der Waals surface area contributed by atoms with Gasteiger partial charge in [-0.1, -0.05) is 6.07 Å². The molecule has 7 heteroatoms. The molecule has 3 N–H and O–H groups in total. The van der Waals surface area contributed by atoms with E-state index in [4.69, 9.17) is 5.11 Å². The zero-order valence-corrected chi connectivity index (χ0v) is 12.0. The molecule has 2 amide bonds. The van der Waals surface area contributed by atoms with Crippen molar-refractivity contribution in [3.8, 4) is 0 Å². The molecule has 0 aliphatic carbocycles. The maximum Gasteiger partial charge on any atom is 0.313 e. The second-order valence-electron chi connectivity index (χ2n) is 4.15. The van der Waals surface area contributed by atoms with Crippen LogP contribution in [0, 0.1) is 6.92 Å². The van der Waals surface area contributed by atoms with Gasteiger partial charge in [-0.05, 0) is 24.6 Å². The zero-order chi connectivity index (χ0) is 15.1. The predicted molar refractivity (Wildman–Crippen MR) is 79.1 cm³/mol. The molecular weight excluding hydrogens is 280 g/mol. The van der Waals surface area contributed by atoms with Gasteiger partial charge in [0.05, 0.1) is 11.5 Å². The molecule has 0 heterocycles. The molecule has 108 valence electrons. The highest BCUT2D eigenvalue weighted by molar-refractivity contribution is 8.00. The van der Waals surface area contributed by atoms with Crippen LogP contribution in [0.2, 0.25) is 0 Å². The van der Waals surface area contributed by atoms with Crippen LogP contribution in [-0.4, -0.2) is 34.4 Å². The number of carboxylic acid groups (broad SMARTS) is 1. The van der Waals surface area contributed by atoms with Gasteiger partial charge in [-0.3, -0.25) is 14.4 Å². The Bertz CT molecular complexity index is 531. The highest BCUT2D eigenvalue weighted by Crippen LogP contribution is 2.20. The van der Waals surface area contributed by atoms with Crippen molar-refractivity contribution in [2.75, 3.05) is 22.1 Å². The van der Waals surface area contributed by atoms with Crippen molar-refractivity contribution in [1.82, 2.24) is 0 Å². The zero-order valence-electron chi connectivity index (χ0n) is 11.2. The molecule has 0 aliphatic heterocycles. The SMILES string of the molecule is CC(=O)Nc1cc(NC(=O)CSCC(=O)O)ccc1C. The van der Waals surface area contributed by atoms with Crippen LogP contribution in [0.5, 0.6) is 0 Å². The normalized spacial score (nSPS) is 9.90. The van der Waals surface area contributed by atoms with E-state index in [1.807, 2.05) is 6.92 Å². The van der Waals surface area contributed by atoms with E-state index in [9.17, 15) is 14.4 Å². The van der Waals surface area contributed by atoms with E-state index in [1.165, 1.54) is 6.92 Å². The van der Waals surface area contributed by atoms with E-state index in [1.54, 1.807) is 18.2 Å². The number of benzene rings is 1. The molecule has 0 fully saturated rings. The summed E-state index contributed by atoms with van der Waals surface area (Å²) in [7, 11) is 0. The number of hydrogen-bond acceptors (Lipinski definition) is 4. The summed E-state index contributed by atoms with van der Waals surface area (Å²) in [5.74, 6) is -1.47. The first-order chi connectivity index (χ1) is 9.38. The van der Waals surface area contributed by atoms with E-state index in [0.717, 1.165) is 17.3 Å². The van der Waals surface area contributed by atoms with E-state index < -0.39 is 5.97 Å². The summed E-state index contributed by atoms with van der Waals surface area (Å²) in [6.07, 6.45) is 0. The Morgan fingerprint density at radius 1 is 1.20 bits per heavy atom. The van der Waals surface area contributed by atoms with Gasteiger partial charge in [0.25, 0.3) is 0 Å². The molecule has 0 aromatic heterocycles.